The molecule has 0 radical (unpaired) electrons. The van der Waals surface area contributed by atoms with Crippen molar-refractivity contribution in [2.45, 2.75) is 33.0 Å². The highest BCUT2D eigenvalue weighted by Crippen LogP contribution is 2.38. The summed E-state index contributed by atoms with van der Waals surface area (Å²) in [6.45, 7) is 5.43. The molecule has 6 nitrogen and oxygen atoms in total. The van der Waals surface area contributed by atoms with Gasteiger partial charge in [0.2, 0.25) is 5.91 Å². The summed E-state index contributed by atoms with van der Waals surface area (Å²) in [7, 11) is 0. The number of aromatic nitrogens is 3. The van der Waals surface area contributed by atoms with Crippen molar-refractivity contribution < 1.29 is 23.1 Å². The van der Waals surface area contributed by atoms with Crippen molar-refractivity contribution in [3.8, 4) is 17.0 Å². The summed E-state index contributed by atoms with van der Waals surface area (Å²) in [5, 5.41) is 15.5. The van der Waals surface area contributed by atoms with Crippen LogP contribution in [0.2, 0.25) is 0 Å². The van der Waals surface area contributed by atoms with Gasteiger partial charge in [-0.1, -0.05) is 0 Å². The number of hydrogen-bond acceptors (Lipinski definition) is 4. The van der Waals surface area contributed by atoms with Gasteiger partial charge in [0.25, 0.3) is 0 Å². The first-order chi connectivity index (χ1) is 14.2. The Kier molecular flexibility index (Phi) is 4.91. The van der Waals surface area contributed by atoms with Crippen LogP contribution in [0.15, 0.2) is 30.5 Å². The van der Waals surface area contributed by atoms with Crippen molar-refractivity contribution in [1.82, 2.24) is 19.7 Å². The molecule has 0 saturated carbocycles. The van der Waals surface area contributed by atoms with Gasteiger partial charge >= 0.3 is 6.18 Å². The van der Waals surface area contributed by atoms with Crippen LogP contribution in [-0.2, 0) is 17.5 Å². The Hall–Kier alpha value is -3.10. The molecule has 30 heavy (non-hydrogen) atoms. The van der Waals surface area contributed by atoms with Gasteiger partial charge in [-0.15, -0.1) is 0 Å². The summed E-state index contributed by atoms with van der Waals surface area (Å²) >= 11 is 0. The number of carbonyl (C=O) groups excluding carboxylic acids is 1. The van der Waals surface area contributed by atoms with Crippen LogP contribution >= 0.6 is 0 Å². The number of nitrogens with zero attached hydrogens (tertiary/aromatic N) is 4. The summed E-state index contributed by atoms with van der Waals surface area (Å²) in [5.41, 5.74) is 0.406. The van der Waals surface area contributed by atoms with Crippen molar-refractivity contribution in [1.29, 1.82) is 0 Å². The number of rotatable bonds is 4. The van der Waals surface area contributed by atoms with Gasteiger partial charge in [0.05, 0.1) is 11.3 Å². The predicted molar refractivity (Wildman–Crippen MR) is 105 cm³/mol. The number of alkyl halides is 3. The van der Waals surface area contributed by atoms with Gasteiger partial charge in [0.15, 0.2) is 5.65 Å². The molecule has 1 N–H and O–H groups in total. The maximum Gasteiger partial charge on any atom is 0.416 e. The van der Waals surface area contributed by atoms with Crippen LogP contribution < -0.4 is 0 Å². The van der Waals surface area contributed by atoms with Crippen molar-refractivity contribution in [3.63, 3.8) is 0 Å². The number of halogens is 3. The molecule has 1 aliphatic rings. The average Bonchev–Trinajstić information content (AvgIpc) is 3.22. The van der Waals surface area contributed by atoms with Crippen LogP contribution in [0.1, 0.15) is 24.5 Å². The smallest absolute Gasteiger partial charge is 0.416 e. The highest BCUT2D eigenvalue weighted by Gasteiger charge is 2.32. The lowest BCUT2D eigenvalue weighted by Gasteiger charge is -2.13. The minimum absolute atomic E-state index is 0.146. The molecule has 1 amide bonds. The van der Waals surface area contributed by atoms with Crippen LogP contribution in [0.5, 0.6) is 5.75 Å². The molecule has 1 saturated heterocycles. The number of fused-ring (bicyclic) bond motifs is 1. The number of aryl methyl sites for hydroxylation is 1. The lowest BCUT2D eigenvalue weighted by Crippen LogP contribution is -2.25. The first-order valence-electron chi connectivity index (χ1n) is 9.69. The number of aromatic hydroxyl groups is 1. The third-order valence-corrected chi connectivity index (χ3v) is 5.44. The average molecular weight is 418 g/mol. The molecule has 1 unspecified atom stereocenters. The van der Waals surface area contributed by atoms with E-state index in [2.05, 4.69) is 10.1 Å². The summed E-state index contributed by atoms with van der Waals surface area (Å²) in [5.74, 6) is -0.155. The minimum Gasteiger partial charge on any atom is -0.507 e. The van der Waals surface area contributed by atoms with Gasteiger partial charge in [-0.3, -0.25) is 9.48 Å². The molecule has 1 aromatic carbocycles. The third kappa shape index (κ3) is 3.71. The quantitative estimate of drug-likeness (QED) is 0.695. The molecule has 3 heterocycles. The second-order valence-corrected chi connectivity index (χ2v) is 7.65. The van der Waals surface area contributed by atoms with Crippen molar-refractivity contribution in [3.05, 3.63) is 41.6 Å². The maximum absolute atomic E-state index is 13.0. The Morgan fingerprint density at radius 3 is 2.67 bits per heavy atom. The van der Waals surface area contributed by atoms with Crippen LogP contribution in [0.4, 0.5) is 13.2 Å². The number of phenolic OH excluding ortho intramolecular Hbond substituents is 1. The Bertz CT molecular complexity index is 1100. The van der Waals surface area contributed by atoms with Gasteiger partial charge in [0.1, 0.15) is 5.75 Å². The zero-order valence-electron chi connectivity index (χ0n) is 16.6. The summed E-state index contributed by atoms with van der Waals surface area (Å²) < 4.78 is 40.7. The third-order valence-electron chi connectivity index (χ3n) is 5.44. The van der Waals surface area contributed by atoms with Crippen LogP contribution in [0.3, 0.4) is 0 Å². The van der Waals surface area contributed by atoms with Crippen LogP contribution in [0.25, 0.3) is 22.3 Å². The Balaban J connectivity index is 1.63. The Labute approximate surface area is 170 Å². The molecule has 9 heteroatoms. The molecule has 0 bridgehead atoms. The van der Waals surface area contributed by atoms with Crippen molar-refractivity contribution >= 4 is 16.9 Å². The number of likely N-dealkylation sites (tertiary alicyclic amines) is 1. The fourth-order valence-electron chi connectivity index (χ4n) is 4.00. The predicted octanol–water partition coefficient (Wildman–Crippen LogP) is 4.00. The summed E-state index contributed by atoms with van der Waals surface area (Å²) in [6, 6.07) is 5.14. The van der Waals surface area contributed by atoms with Crippen molar-refractivity contribution in [2.75, 3.05) is 13.1 Å². The van der Waals surface area contributed by atoms with Gasteiger partial charge < -0.3 is 10.0 Å². The molecule has 2 aromatic heterocycles. The highest BCUT2D eigenvalue weighted by atomic mass is 19.4. The molecule has 0 spiro atoms. The molecule has 1 aliphatic heterocycles. The number of benzene rings is 1. The molecule has 1 atom stereocenters. The van der Waals surface area contributed by atoms with E-state index in [1.807, 2.05) is 18.0 Å². The summed E-state index contributed by atoms with van der Waals surface area (Å²) in [6.07, 6.45) is -2.21. The molecule has 3 aromatic rings. The van der Waals surface area contributed by atoms with E-state index in [9.17, 15) is 23.1 Å². The monoisotopic (exact) mass is 418 g/mol. The number of phenols is 1. The van der Waals surface area contributed by atoms with Crippen LogP contribution in [0, 0.1) is 12.8 Å². The largest absolute Gasteiger partial charge is 0.507 e. The molecule has 1 fully saturated rings. The lowest BCUT2D eigenvalue weighted by atomic mass is 10.00. The maximum atomic E-state index is 13.0. The molecular formula is C21H21F3N4O2. The second kappa shape index (κ2) is 7.30. The topological polar surface area (TPSA) is 71.2 Å². The first-order valence-corrected chi connectivity index (χ1v) is 9.69. The molecule has 4 rings (SSSR count). The zero-order chi connectivity index (χ0) is 21.6. The van der Waals surface area contributed by atoms with Crippen molar-refractivity contribution in [2.24, 2.45) is 5.92 Å². The van der Waals surface area contributed by atoms with E-state index in [1.54, 1.807) is 16.8 Å². The van der Waals surface area contributed by atoms with Crippen LogP contribution in [-0.4, -0.2) is 43.8 Å². The van der Waals surface area contributed by atoms with Gasteiger partial charge in [-0.25, -0.2) is 4.98 Å². The van der Waals surface area contributed by atoms with Gasteiger partial charge in [0, 0.05) is 49.1 Å². The fraction of sp³-hybridized carbons (Fsp3) is 0.381. The minimum atomic E-state index is -4.54. The zero-order valence-corrected chi connectivity index (χ0v) is 16.6. The van der Waals surface area contributed by atoms with Gasteiger partial charge in [-0.05, 0) is 43.7 Å². The highest BCUT2D eigenvalue weighted by molar-refractivity contribution is 5.81. The molecule has 0 aliphatic carbocycles. The normalized spacial score (nSPS) is 17.3. The van der Waals surface area contributed by atoms with E-state index in [0.29, 0.717) is 43.5 Å². The number of hydrogen-bond donors (Lipinski definition) is 1. The SMILES string of the molecule is CCN1CC(Cn2cc3ccc(-c4c(C)cc(C(F)(F)F)cc4O)nc3n2)CC1=O. The molecular weight excluding hydrogens is 397 g/mol. The summed E-state index contributed by atoms with van der Waals surface area (Å²) in [4.78, 5) is 18.2. The number of amides is 1. The standard InChI is InChI=1S/C21H21F3N4O2/c1-3-27-9-13(7-18(27)30)10-28-11-14-4-5-16(25-20(14)26-28)19-12(2)6-15(8-17(19)29)21(22,23)24/h4-6,8,11,13,29H,3,7,9-10H2,1-2H3. The first kappa shape index (κ1) is 20.2. The molecule has 158 valence electrons. The fourth-order valence-corrected chi connectivity index (χ4v) is 4.00. The number of carbonyl (C=O) groups is 1. The Morgan fingerprint density at radius 2 is 2.03 bits per heavy atom. The Morgan fingerprint density at radius 1 is 1.27 bits per heavy atom. The van der Waals surface area contributed by atoms with E-state index in [-0.39, 0.29) is 23.0 Å². The van der Waals surface area contributed by atoms with Gasteiger partial charge in [-0.2, -0.15) is 18.3 Å². The lowest BCUT2D eigenvalue weighted by molar-refractivity contribution is -0.137. The van der Waals surface area contributed by atoms with E-state index < -0.39 is 17.5 Å². The van der Waals surface area contributed by atoms with E-state index >= 15 is 0 Å². The van der Waals surface area contributed by atoms with E-state index in [1.165, 1.54) is 6.92 Å². The van der Waals surface area contributed by atoms with E-state index in [0.717, 1.165) is 11.5 Å². The van der Waals surface area contributed by atoms with E-state index in [4.69, 9.17) is 0 Å². The number of pyridine rings is 1. The second-order valence-electron chi connectivity index (χ2n) is 7.65.